The van der Waals surface area contributed by atoms with Crippen molar-refractivity contribution in [2.75, 3.05) is 0 Å². The number of rotatable bonds is 8. The highest BCUT2D eigenvalue weighted by molar-refractivity contribution is 5.81. The quantitative estimate of drug-likeness (QED) is 0.143. The van der Waals surface area contributed by atoms with Gasteiger partial charge in [0.25, 0.3) is 0 Å². The molecule has 8 nitrogen and oxygen atoms in total. The van der Waals surface area contributed by atoms with Gasteiger partial charge in [-0.2, -0.15) is 0 Å². The van der Waals surface area contributed by atoms with Crippen molar-refractivity contribution in [3.8, 4) is 34.4 Å². The van der Waals surface area contributed by atoms with Crippen LogP contribution in [-0.2, 0) is 9.59 Å². The highest BCUT2D eigenvalue weighted by atomic mass is 19.1. The molecule has 0 bridgehead atoms. The topological polar surface area (TPSA) is 105 Å². The molecule has 6 rings (SSSR count). The average Bonchev–Trinajstić information content (AvgIpc) is 3.58. The highest BCUT2D eigenvalue weighted by Gasteiger charge is 2.14. The summed E-state index contributed by atoms with van der Waals surface area (Å²) >= 11 is 0. The van der Waals surface area contributed by atoms with Crippen LogP contribution in [-0.4, -0.2) is 21.9 Å². The predicted molar refractivity (Wildman–Crippen MR) is 144 cm³/mol. The molecule has 0 aliphatic rings. The molecule has 0 atom stereocenters. The van der Waals surface area contributed by atoms with Crippen molar-refractivity contribution in [2.24, 2.45) is 0 Å². The Morgan fingerprint density at radius 1 is 0.610 bits per heavy atom. The predicted octanol–water partition coefficient (Wildman–Crippen LogP) is 7.26. The van der Waals surface area contributed by atoms with E-state index < -0.39 is 11.9 Å². The van der Waals surface area contributed by atoms with Gasteiger partial charge in [-0.05, 0) is 79.2 Å². The molecule has 10 heteroatoms. The maximum absolute atomic E-state index is 13.2. The average molecular weight is 555 g/mol. The lowest BCUT2D eigenvalue weighted by molar-refractivity contribution is -0.136. The van der Waals surface area contributed by atoms with Gasteiger partial charge < -0.3 is 18.3 Å². The molecule has 41 heavy (non-hydrogen) atoms. The van der Waals surface area contributed by atoms with E-state index in [-0.39, 0.29) is 42.4 Å². The van der Waals surface area contributed by atoms with Crippen LogP contribution in [0.3, 0.4) is 0 Å². The zero-order valence-corrected chi connectivity index (χ0v) is 21.3. The molecule has 0 N–H and O–H groups in total. The lowest BCUT2D eigenvalue weighted by Crippen LogP contribution is -2.11. The van der Waals surface area contributed by atoms with Crippen molar-refractivity contribution < 1.29 is 36.7 Å². The number of oxazole rings is 2. The highest BCUT2D eigenvalue weighted by Crippen LogP contribution is 2.29. The summed E-state index contributed by atoms with van der Waals surface area (Å²) in [7, 11) is 0. The van der Waals surface area contributed by atoms with E-state index in [1.54, 1.807) is 60.7 Å². The summed E-state index contributed by atoms with van der Waals surface area (Å²) in [6.45, 7) is 0. The van der Waals surface area contributed by atoms with Crippen LogP contribution < -0.4 is 9.47 Å². The molecule has 0 radical (unpaired) electrons. The van der Waals surface area contributed by atoms with E-state index in [0.29, 0.717) is 45.1 Å². The van der Waals surface area contributed by atoms with Gasteiger partial charge in [-0.25, -0.2) is 18.7 Å². The summed E-state index contributed by atoms with van der Waals surface area (Å²) in [6, 6.07) is 21.1. The molecule has 2 heterocycles. The molecular formula is C31H20F2N2O6. The molecule has 0 saturated carbocycles. The van der Waals surface area contributed by atoms with E-state index in [2.05, 4.69) is 9.97 Å². The van der Waals surface area contributed by atoms with Crippen molar-refractivity contribution in [2.45, 2.75) is 19.3 Å². The molecule has 0 fully saturated rings. The second kappa shape index (κ2) is 11.0. The van der Waals surface area contributed by atoms with Gasteiger partial charge in [-0.15, -0.1) is 0 Å². The Hall–Kier alpha value is -5.38. The van der Waals surface area contributed by atoms with Gasteiger partial charge in [-0.3, -0.25) is 9.59 Å². The fourth-order valence-corrected chi connectivity index (χ4v) is 4.11. The Bertz CT molecular complexity index is 1740. The largest absolute Gasteiger partial charge is 0.436 e. The lowest BCUT2D eigenvalue weighted by Gasteiger charge is -2.05. The maximum Gasteiger partial charge on any atom is 0.311 e. The third kappa shape index (κ3) is 5.96. The van der Waals surface area contributed by atoms with E-state index in [9.17, 15) is 18.4 Å². The van der Waals surface area contributed by atoms with Gasteiger partial charge >= 0.3 is 11.9 Å². The van der Waals surface area contributed by atoms with Crippen LogP contribution >= 0.6 is 0 Å². The first-order valence-electron chi connectivity index (χ1n) is 12.6. The molecule has 0 aliphatic heterocycles. The van der Waals surface area contributed by atoms with Gasteiger partial charge in [0.2, 0.25) is 11.8 Å². The minimum atomic E-state index is -0.521. The molecule has 4 aromatic carbocycles. The fraction of sp³-hybridized carbons (Fsp3) is 0.0968. The van der Waals surface area contributed by atoms with Gasteiger partial charge in [0.05, 0.1) is 0 Å². The molecule has 0 saturated heterocycles. The van der Waals surface area contributed by atoms with E-state index >= 15 is 0 Å². The number of carbonyl (C=O) groups is 2. The second-order valence-electron chi connectivity index (χ2n) is 9.11. The van der Waals surface area contributed by atoms with E-state index in [1.165, 1.54) is 24.3 Å². The SMILES string of the molecule is O=C(CCCC(=O)Oc1ccc2nc(-c3ccc(F)cc3)oc2c1)Oc1ccc2nc(-c3ccc(F)cc3)oc2c1. The van der Waals surface area contributed by atoms with Crippen LogP contribution in [0, 0.1) is 11.6 Å². The smallest absolute Gasteiger partial charge is 0.311 e. The van der Waals surface area contributed by atoms with Crippen LogP contribution in [0.2, 0.25) is 0 Å². The Labute approximate surface area is 231 Å². The maximum atomic E-state index is 13.2. The molecule has 0 unspecified atom stereocenters. The zero-order valence-electron chi connectivity index (χ0n) is 21.3. The lowest BCUT2D eigenvalue weighted by atomic mass is 10.2. The van der Waals surface area contributed by atoms with Crippen molar-refractivity contribution in [3.05, 3.63) is 96.6 Å². The normalized spacial score (nSPS) is 11.2. The molecule has 2 aromatic heterocycles. The molecule has 0 aliphatic carbocycles. The molecular weight excluding hydrogens is 534 g/mol. The first kappa shape index (κ1) is 25.9. The van der Waals surface area contributed by atoms with Crippen molar-refractivity contribution in [1.29, 1.82) is 0 Å². The molecule has 6 aromatic rings. The molecule has 204 valence electrons. The number of nitrogens with zero attached hydrogens (tertiary/aromatic N) is 2. The third-order valence-electron chi connectivity index (χ3n) is 6.13. The summed E-state index contributed by atoms with van der Waals surface area (Å²) < 4.78 is 48.6. The van der Waals surface area contributed by atoms with Crippen molar-refractivity contribution in [1.82, 2.24) is 9.97 Å². The number of benzene rings is 4. The van der Waals surface area contributed by atoms with Gasteiger partial charge in [0, 0.05) is 36.1 Å². The molecule has 0 amide bonds. The number of aromatic nitrogens is 2. The van der Waals surface area contributed by atoms with Crippen molar-refractivity contribution >= 4 is 34.1 Å². The van der Waals surface area contributed by atoms with E-state index in [0.717, 1.165) is 0 Å². The summed E-state index contributed by atoms with van der Waals surface area (Å²) in [6.07, 6.45) is 0.204. The summed E-state index contributed by atoms with van der Waals surface area (Å²) in [5.41, 5.74) is 3.16. The number of ether oxygens (including phenoxy) is 2. The molecule has 0 spiro atoms. The van der Waals surface area contributed by atoms with Crippen LogP contribution in [0.1, 0.15) is 19.3 Å². The number of esters is 2. The standard InChI is InChI=1S/C31H20F2N2O6/c32-20-8-4-18(5-9-20)30-34-24-14-12-22(16-26(24)40-30)38-28(36)2-1-3-29(37)39-23-13-15-25-27(17-23)41-31(35-25)19-6-10-21(33)11-7-19/h4-17H,1-3H2. The van der Waals surface area contributed by atoms with Crippen molar-refractivity contribution in [3.63, 3.8) is 0 Å². The van der Waals surface area contributed by atoms with Gasteiger partial charge in [0.15, 0.2) is 11.2 Å². The zero-order chi connectivity index (χ0) is 28.3. The minimum Gasteiger partial charge on any atom is -0.436 e. The summed E-state index contributed by atoms with van der Waals surface area (Å²) in [5, 5.41) is 0. The van der Waals surface area contributed by atoms with Gasteiger partial charge in [0.1, 0.15) is 34.2 Å². The Morgan fingerprint density at radius 2 is 1.02 bits per heavy atom. The monoisotopic (exact) mass is 554 g/mol. The Morgan fingerprint density at radius 3 is 1.44 bits per heavy atom. The fourth-order valence-electron chi connectivity index (χ4n) is 4.11. The number of halogens is 2. The Balaban J connectivity index is 1.01. The first-order valence-corrected chi connectivity index (χ1v) is 12.6. The Kier molecular flexibility index (Phi) is 6.95. The van der Waals surface area contributed by atoms with Gasteiger partial charge in [-0.1, -0.05) is 0 Å². The number of carbonyl (C=O) groups excluding carboxylic acids is 2. The summed E-state index contributed by atoms with van der Waals surface area (Å²) in [5.74, 6) is -0.592. The third-order valence-corrected chi connectivity index (χ3v) is 6.13. The number of hydrogen-bond donors (Lipinski definition) is 0. The van der Waals surface area contributed by atoms with Crippen LogP contribution in [0.5, 0.6) is 11.5 Å². The van der Waals surface area contributed by atoms with E-state index in [4.69, 9.17) is 18.3 Å². The van der Waals surface area contributed by atoms with E-state index in [1.807, 2.05) is 0 Å². The van der Waals surface area contributed by atoms with Crippen LogP contribution in [0.25, 0.3) is 45.1 Å². The number of hydrogen-bond acceptors (Lipinski definition) is 8. The second-order valence-corrected chi connectivity index (χ2v) is 9.11. The number of fused-ring (bicyclic) bond motifs is 2. The van der Waals surface area contributed by atoms with Crippen LogP contribution in [0.4, 0.5) is 8.78 Å². The van der Waals surface area contributed by atoms with Crippen LogP contribution in [0.15, 0.2) is 93.8 Å². The first-order chi connectivity index (χ1) is 19.9. The minimum absolute atomic E-state index is 0.00740. The summed E-state index contributed by atoms with van der Waals surface area (Å²) in [4.78, 5) is 33.4.